The van der Waals surface area contributed by atoms with Crippen molar-refractivity contribution in [2.45, 2.75) is 32.7 Å². The molecule has 0 unspecified atom stereocenters. The van der Waals surface area contributed by atoms with E-state index in [2.05, 4.69) is 22.9 Å². The summed E-state index contributed by atoms with van der Waals surface area (Å²) in [5.74, 6) is 0.0723. The molecule has 0 saturated carbocycles. The Hall–Kier alpha value is -1.33. The van der Waals surface area contributed by atoms with E-state index in [1.807, 2.05) is 14.1 Å². The molecule has 114 valence electrons. The smallest absolute Gasteiger partial charge is 0.270 e. The number of thiophene rings is 1. The van der Waals surface area contributed by atoms with Gasteiger partial charge < -0.3 is 9.88 Å². The van der Waals surface area contributed by atoms with E-state index in [4.69, 9.17) is 0 Å². The number of H-pyrrole nitrogens is 1. The Kier molecular flexibility index (Phi) is 4.04. The Labute approximate surface area is 129 Å². The van der Waals surface area contributed by atoms with Crippen molar-refractivity contribution in [2.24, 2.45) is 0 Å². The van der Waals surface area contributed by atoms with Gasteiger partial charge in [-0.15, -0.1) is 11.3 Å². The Bertz CT molecular complexity index is 650. The van der Waals surface area contributed by atoms with Crippen molar-refractivity contribution < 1.29 is 4.79 Å². The number of likely N-dealkylation sites (tertiary alicyclic amines) is 1. The Balaban J connectivity index is 1.99. The lowest BCUT2D eigenvalue weighted by molar-refractivity contribution is 0.0820. The van der Waals surface area contributed by atoms with Crippen molar-refractivity contribution in [1.29, 1.82) is 0 Å². The molecule has 3 rings (SSSR count). The molecule has 1 fully saturated rings. The minimum atomic E-state index is 0.0723. The molecule has 0 aliphatic carbocycles. The second-order valence-corrected chi connectivity index (χ2v) is 7.37. The average molecular weight is 305 g/mol. The molecule has 0 spiro atoms. The van der Waals surface area contributed by atoms with Gasteiger partial charge in [0, 0.05) is 31.1 Å². The second-order valence-electron chi connectivity index (χ2n) is 6.11. The topological polar surface area (TPSA) is 39.3 Å². The van der Waals surface area contributed by atoms with Gasteiger partial charge in [-0.3, -0.25) is 9.69 Å². The van der Waals surface area contributed by atoms with Crippen LogP contribution in [-0.2, 0) is 6.54 Å². The van der Waals surface area contributed by atoms with Crippen LogP contribution < -0.4 is 0 Å². The third-order valence-electron chi connectivity index (χ3n) is 4.14. The Morgan fingerprint density at radius 3 is 2.71 bits per heavy atom. The molecular weight excluding hydrogens is 282 g/mol. The molecule has 1 amide bonds. The van der Waals surface area contributed by atoms with E-state index < -0.39 is 0 Å². The number of nitrogens with zero attached hydrogens (tertiary/aromatic N) is 2. The lowest BCUT2D eigenvalue weighted by Crippen LogP contribution is -2.30. The number of carbonyl (C=O) groups is 1. The summed E-state index contributed by atoms with van der Waals surface area (Å²) < 4.78 is 1.25. The van der Waals surface area contributed by atoms with Crippen molar-refractivity contribution in [1.82, 2.24) is 14.8 Å². The van der Waals surface area contributed by atoms with Crippen LogP contribution in [0.2, 0.25) is 0 Å². The first kappa shape index (κ1) is 14.6. The molecule has 1 saturated heterocycles. The van der Waals surface area contributed by atoms with Crippen LogP contribution in [0.3, 0.4) is 0 Å². The molecule has 0 bridgehead atoms. The van der Waals surface area contributed by atoms with Crippen molar-refractivity contribution in [3.63, 3.8) is 0 Å². The summed E-state index contributed by atoms with van der Waals surface area (Å²) >= 11 is 1.79. The van der Waals surface area contributed by atoms with Crippen LogP contribution in [0.5, 0.6) is 0 Å². The number of aromatic nitrogens is 1. The summed E-state index contributed by atoms with van der Waals surface area (Å²) in [4.78, 5) is 21.2. The van der Waals surface area contributed by atoms with E-state index in [-0.39, 0.29) is 5.91 Å². The molecule has 2 aromatic heterocycles. The fourth-order valence-corrected chi connectivity index (χ4v) is 4.06. The normalized spacial score (nSPS) is 16.5. The van der Waals surface area contributed by atoms with E-state index in [0.29, 0.717) is 0 Å². The fourth-order valence-electron chi connectivity index (χ4n) is 3.05. The number of aryl methyl sites for hydroxylation is 1. The molecule has 21 heavy (non-hydrogen) atoms. The molecule has 0 radical (unpaired) electrons. The van der Waals surface area contributed by atoms with Gasteiger partial charge in [-0.25, -0.2) is 0 Å². The summed E-state index contributed by atoms with van der Waals surface area (Å²) in [6, 6.07) is 2.14. The van der Waals surface area contributed by atoms with Gasteiger partial charge in [0.05, 0.1) is 10.2 Å². The molecule has 2 aromatic rings. The van der Waals surface area contributed by atoms with Gasteiger partial charge in [-0.2, -0.15) is 0 Å². The van der Waals surface area contributed by atoms with Crippen LogP contribution in [0.1, 0.15) is 40.2 Å². The first-order valence-electron chi connectivity index (χ1n) is 7.61. The van der Waals surface area contributed by atoms with Gasteiger partial charge in [0.1, 0.15) is 5.69 Å². The number of hydrogen-bond donors (Lipinski definition) is 1. The molecule has 1 aliphatic heterocycles. The van der Waals surface area contributed by atoms with Crippen LogP contribution in [0.25, 0.3) is 10.2 Å². The molecule has 0 atom stereocenters. The SMILES string of the molecule is Cc1cc2[nH]c(C(=O)N(C)C)c(CN3CCCCC3)c2s1. The number of rotatable bonds is 3. The van der Waals surface area contributed by atoms with Crippen LogP contribution in [0.4, 0.5) is 0 Å². The minimum absolute atomic E-state index is 0.0723. The maximum atomic E-state index is 12.4. The van der Waals surface area contributed by atoms with Crippen molar-refractivity contribution in [2.75, 3.05) is 27.2 Å². The molecule has 1 N–H and O–H groups in total. The maximum Gasteiger partial charge on any atom is 0.270 e. The number of fused-ring (bicyclic) bond motifs is 1. The van der Waals surface area contributed by atoms with Gasteiger partial charge >= 0.3 is 0 Å². The first-order valence-corrected chi connectivity index (χ1v) is 8.43. The fraction of sp³-hybridized carbons (Fsp3) is 0.562. The zero-order chi connectivity index (χ0) is 15.0. The van der Waals surface area contributed by atoms with Gasteiger partial charge in [-0.1, -0.05) is 6.42 Å². The van der Waals surface area contributed by atoms with E-state index in [0.717, 1.165) is 30.8 Å². The highest BCUT2D eigenvalue weighted by atomic mass is 32.1. The molecule has 4 nitrogen and oxygen atoms in total. The number of piperidine rings is 1. The minimum Gasteiger partial charge on any atom is -0.350 e. The molecule has 5 heteroatoms. The quantitative estimate of drug-likeness (QED) is 0.945. The van der Waals surface area contributed by atoms with Crippen molar-refractivity contribution in [3.05, 3.63) is 22.2 Å². The molecule has 0 aromatic carbocycles. The molecule has 1 aliphatic rings. The van der Waals surface area contributed by atoms with Crippen molar-refractivity contribution in [3.8, 4) is 0 Å². The Morgan fingerprint density at radius 1 is 1.33 bits per heavy atom. The van der Waals surface area contributed by atoms with E-state index in [9.17, 15) is 4.79 Å². The zero-order valence-corrected chi connectivity index (χ0v) is 13.8. The molecular formula is C16H23N3OS. The highest BCUT2D eigenvalue weighted by molar-refractivity contribution is 7.19. The van der Waals surface area contributed by atoms with E-state index in [1.165, 1.54) is 34.4 Å². The average Bonchev–Trinajstić information content (AvgIpc) is 2.97. The van der Waals surface area contributed by atoms with Crippen LogP contribution >= 0.6 is 11.3 Å². The third-order valence-corrected chi connectivity index (χ3v) is 5.25. The van der Waals surface area contributed by atoms with Gasteiger partial charge in [0.2, 0.25) is 0 Å². The Morgan fingerprint density at radius 2 is 2.05 bits per heavy atom. The predicted octanol–water partition coefficient (Wildman–Crippen LogP) is 3.23. The number of aromatic amines is 1. The maximum absolute atomic E-state index is 12.4. The lowest BCUT2D eigenvalue weighted by atomic mass is 10.1. The number of nitrogens with one attached hydrogen (secondary N) is 1. The zero-order valence-electron chi connectivity index (χ0n) is 13.0. The monoisotopic (exact) mass is 305 g/mol. The highest BCUT2D eigenvalue weighted by Crippen LogP contribution is 2.32. The second kappa shape index (κ2) is 5.81. The lowest BCUT2D eigenvalue weighted by Gasteiger charge is -2.26. The van der Waals surface area contributed by atoms with Crippen molar-refractivity contribution >= 4 is 27.5 Å². The van der Waals surface area contributed by atoms with Gasteiger partial charge in [0.15, 0.2) is 0 Å². The van der Waals surface area contributed by atoms with Crippen LogP contribution in [0.15, 0.2) is 6.07 Å². The summed E-state index contributed by atoms with van der Waals surface area (Å²) in [5.41, 5.74) is 3.06. The van der Waals surface area contributed by atoms with Crippen LogP contribution in [0, 0.1) is 6.92 Å². The van der Waals surface area contributed by atoms with Gasteiger partial charge in [-0.05, 0) is 38.9 Å². The highest BCUT2D eigenvalue weighted by Gasteiger charge is 2.23. The standard InChI is InChI=1S/C16H23N3OS/c1-11-9-13-15(21-11)12(10-19-7-5-4-6-8-19)14(17-13)16(20)18(2)3/h9,17H,4-8,10H2,1-3H3. The van der Waals surface area contributed by atoms with E-state index >= 15 is 0 Å². The summed E-state index contributed by atoms with van der Waals surface area (Å²) in [6.07, 6.45) is 3.88. The largest absolute Gasteiger partial charge is 0.350 e. The predicted molar refractivity (Wildman–Crippen MR) is 88.1 cm³/mol. The number of hydrogen-bond acceptors (Lipinski definition) is 3. The third kappa shape index (κ3) is 2.85. The summed E-state index contributed by atoms with van der Waals surface area (Å²) in [5, 5.41) is 0. The first-order chi connectivity index (χ1) is 10.1. The summed E-state index contributed by atoms with van der Waals surface area (Å²) in [7, 11) is 3.63. The summed E-state index contributed by atoms with van der Waals surface area (Å²) in [6.45, 7) is 5.30. The number of amides is 1. The molecule has 3 heterocycles. The van der Waals surface area contributed by atoms with Gasteiger partial charge in [0.25, 0.3) is 5.91 Å². The van der Waals surface area contributed by atoms with Crippen LogP contribution in [-0.4, -0.2) is 47.9 Å². The van der Waals surface area contributed by atoms with E-state index in [1.54, 1.807) is 16.2 Å². The number of carbonyl (C=O) groups excluding carboxylic acids is 1.